The molecule has 0 aliphatic carbocycles. The van der Waals surface area contributed by atoms with Gasteiger partial charge in [-0.2, -0.15) is 0 Å². The molecule has 2 nitrogen and oxygen atoms in total. The lowest BCUT2D eigenvalue weighted by atomic mass is 10.2. The SMILES string of the molecule is Cc1ccc(O)c(Sc2ccccc2N)c1. The van der Waals surface area contributed by atoms with E-state index in [9.17, 15) is 5.11 Å². The van der Waals surface area contributed by atoms with Crippen molar-refractivity contribution in [3.63, 3.8) is 0 Å². The molecule has 2 aromatic carbocycles. The van der Waals surface area contributed by atoms with Gasteiger partial charge in [-0.3, -0.25) is 0 Å². The lowest BCUT2D eigenvalue weighted by Crippen LogP contribution is -1.87. The van der Waals surface area contributed by atoms with Gasteiger partial charge in [0.05, 0.1) is 4.90 Å². The summed E-state index contributed by atoms with van der Waals surface area (Å²) in [6, 6.07) is 13.2. The maximum atomic E-state index is 9.73. The highest BCUT2D eigenvalue weighted by Gasteiger charge is 2.05. The quantitative estimate of drug-likeness (QED) is 0.778. The molecule has 0 aliphatic rings. The molecular weight excluding hydrogens is 218 g/mol. The zero-order valence-corrected chi connectivity index (χ0v) is 9.79. The molecule has 2 rings (SSSR count). The minimum absolute atomic E-state index is 0.291. The first kappa shape index (κ1) is 10.9. The molecule has 0 amide bonds. The molecule has 0 atom stereocenters. The number of aryl methyl sites for hydroxylation is 1. The van der Waals surface area contributed by atoms with Crippen molar-refractivity contribution in [1.82, 2.24) is 0 Å². The third kappa shape index (κ3) is 2.31. The lowest BCUT2D eigenvalue weighted by molar-refractivity contribution is 0.462. The van der Waals surface area contributed by atoms with Gasteiger partial charge in [0.1, 0.15) is 5.75 Å². The highest BCUT2D eigenvalue weighted by atomic mass is 32.2. The minimum atomic E-state index is 0.291. The van der Waals surface area contributed by atoms with Gasteiger partial charge in [-0.15, -0.1) is 0 Å². The first-order chi connectivity index (χ1) is 7.66. The van der Waals surface area contributed by atoms with Crippen LogP contribution in [0.15, 0.2) is 52.3 Å². The van der Waals surface area contributed by atoms with Crippen LogP contribution in [-0.2, 0) is 0 Å². The highest BCUT2D eigenvalue weighted by molar-refractivity contribution is 7.99. The normalized spacial score (nSPS) is 10.3. The van der Waals surface area contributed by atoms with Gasteiger partial charge in [0.2, 0.25) is 0 Å². The Bertz CT molecular complexity index is 511. The van der Waals surface area contributed by atoms with E-state index < -0.39 is 0 Å². The number of anilines is 1. The van der Waals surface area contributed by atoms with Crippen molar-refractivity contribution < 1.29 is 5.11 Å². The number of phenolic OH excluding ortho intramolecular Hbond substituents is 1. The van der Waals surface area contributed by atoms with E-state index in [4.69, 9.17) is 5.73 Å². The van der Waals surface area contributed by atoms with Crippen LogP contribution >= 0.6 is 11.8 Å². The summed E-state index contributed by atoms with van der Waals surface area (Å²) in [4.78, 5) is 1.79. The minimum Gasteiger partial charge on any atom is -0.507 e. The zero-order valence-electron chi connectivity index (χ0n) is 8.97. The highest BCUT2D eigenvalue weighted by Crippen LogP contribution is 2.37. The molecule has 2 aromatic rings. The average Bonchev–Trinajstić information content (AvgIpc) is 2.27. The Morgan fingerprint density at radius 3 is 2.56 bits per heavy atom. The Balaban J connectivity index is 2.34. The van der Waals surface area contributed by atoms with Crippen LogP contribution in [-0.4, -0.2) is 5.11 Å². The van der Waals surface area contributed by atoms with E-state index in [-0.39, 0.29) is 0 Å². The summed E-state index contributed by atoms with van der Waals surface area (Å²) in [5.74, 6) is 0.291. The fourth-order valence-electron chi connectivity index (χ4n) is 1.40. The van der Waals surface area contributed by atoms with Gasteiger partial charge >= 0.3 is 0 Å². The summed E-state index contributed by atoms with van der Waals surface area (Å²) in [5.41, 5.74) is 7.70. The summed E-state index contributed by atoms with van der Waals surface area (Å²) < 4.78 is 0. The van der Waals surface area contributed by atoms with Crippen molar-refractivity contribution in [1.29, 1.82) is 0 Å². The van der Waals surface area contributed by atoms with E-state index in [1.807, 2.05) is 43.3 Å². The van der Waals surface area contributed by atoms with E-state index >= 15 is 0 Å². The maximum Gasteiger partial charge on any atom is 0.129 e. The molecule has 0 saturated heterocycles. The molecule has 0 spiro atoms. The zero-order chi connectivity index (χ0) is 11.5. The molecule has 0 fully saturated rings. The number of benzene rings is 2. The smallest absolute Gasteiger partial charge is 0.129 e. The fourth-order valence-corrected chi connectivity index (χ4v) is 2.38. The Labute approximate surface area is 99.1 Å². The van der Waals surface area contributed by atoms with Crippen molar-refractivity contribution in [2.45, 2.75) is 16.7 Å². The first-order valence-electron chi connectivity index (χ1n) is 4.99. The van der Waals surface area contributed by atoms with Crippen LogP contribution in [0.4, 0.5) is 5.69 Å². The van der Waals surface area contributed by atoms with E-state index in [0.717, 1.165) is 21.0 Å². The summed E-state index contributed by atoms with van der Waals surface area (Å²) >= 11 is 1.48. The predicted octanol–water partition coefficient (Wildman–Crippen LogP) is 3.43. The summed E-state index contributed by atoms with van der Waals surface area (Å²) in [6.07, 6.45) is 0. The van der Waals surface area contributed by atoms with Crippen LogP contribution in [0.2, 0.25) is 0 Å². The van der Waals surface area contributed by atoms with E-state index in [2.05, 4.69) is 0 Å². The second-order valence-electron chi connectivity index (χ2n) is 3.61. The van der Waals surface area contributed by atoms with Gasteiger partial charge < -0.3 is 10.8 Å². The molecule has 0 bridgehead atoms. The van der Waals surface area contributed by atoms with E-state index in [1.165, 1.54) is 11.8 Å². The Morgan fingerprint density at radius 2 is 1.81 bits per heavy atom. The Kier molecular flexibility index (Phi) is 3.06. The fraction of sp³-hybridized carbons (Fsp3) is 0.0769. The molecule has 0 aliphatic heterocycles. The monoisotopic (exact) mass is 231 g/mol. The Hall–Kier alpha value is -1.61. The van der Waals surface area contributed by atoms with Gasteiger partial charge in [0.15, 0.2) is 0 Å². The van der Waals surface area contributed by atoms with Gasteiger partial charge in [-0.1, -0.05) is 30.0 Å². The third-order valence-corrected chi connectivity index (χ3v) is 3.39. The van der Waals surface area contributed by atoms with E-state index in [1.54, 1.807) is 6.07 Å². The summed E-state index contributed by atoms with van der Waals surface area (Å²) in [7, 11) is 0. The number of hydrogen-bond acceptors (Lipinski definition) is 3. The van der Waals surface area contributed by atoms with Crippen molar-refractivity contribution in [3.05, 3.63) is 48.0 Å². The molecule has 0 radical (unpaired) electrons. The van der Waals surface area contributed by atoms with Crippen molar-refractivity contribution in [3.8, 4) is 5.75 Å². The van der Waals surface area contributed by atoms with Crippen LogP contribution in [0.5, 0.6) is 5.75 Å². The molecule has 16 heavy (non-hydrogen) atoms. The second-order valence-corrected chi connectivity index (χ2v) is 4.69. The Morgan fingerprint density at radius 1 is 1.06 bits per heavy atom. The van der Waals surface area contributed by atoms with Crippen LogP contribution in [0.1, 0.15) is 5.56 Å². The number of phenols is 1. The first-order valence-corrected chi connectivity index (χ1v) is 5.80. The molecular formula is C13H13NOS. The molecule has 3 heteroatoms. The van der Waals surface area contributed by atoms with Gasteiger partial charge in [0.25, 0.3) is 0 Å². The van der Waals surface area contributed by atoms with Gasteiger partial charge in [-0.05, 0) is 36.8 Å². The number of hydrogen-bond donors (Lipinski definition) is 2. The third-order valence-electron chi connectivity index (χ3n) is 2.25. The lowest BCUT2D eigenvalue weighted by Gasteiger charge is -2.07. The topological polar surface area (TPSA) is 46.2 Å². The summed E-state index contributed by atoms with van der Waals surface area (Å²) in [5, 5.41) is 9.73. The average molecular weight is 231 g/mol. The van der Waals surface area contributed by atoms with Crippen molar-refractivity contribution in [2.24, 2.45) is 0 Å². The molecule has 0 saturated carbocycles. The number of para-hydroxylation sites is 1. The van der Waals surface area contributed by atoms with Crippen LogP contribution < -0.4 is 5.73 Å². The largest absolute Gasteiger partial charge is 0.507 e. The molecule has 0 unspecified atom stereocenters. The predicted molar refractivity (Wildman–Crippen MR) is 67.8 cm³/mol. The van der Waals surface area contributed by atoms with E-state index in [0.29, 0.717) is 5.75 Å². The van der Waals surface area contributed by atoms with Gasteiger partial charge in [0, 0.05) is 10.6 Å². The molecule has 3 N–H and O–H groups in total. The van der Waals surface area contributed by atoms with Crippen molar-refractivity contribution >= 4 is 17.4 Å². The summed E-state index contributed by atoms with van der Waals surface area (Å²) in [6.45, 7) is 2.00. The number of aromatic hydroxyl groups is 1. The van der Waals surface area contributed by atoms with Gasteiger partial charge in [-0.25, -0.2) is 0 Å². The molecule has 0 heterocycles. The van der Waals surface area contributed by atoms with Crippen LogP contribution in [0.25, 0.3) is 0 Å². The number of rotatable bonds is 2. The second kappa shape index (κ2) is 4.49. The van der Waals surface area contributed by atoms with Crippen LogP contribution in [0.3, 0.4) is 0 Å². The van der Waals surface area contributed by atoms with Crippen molar-refractivity contribution in [2.75, 3.05) is 5.73 Å². The number of nitrogen functional groups attached to an aromatic ring is 1. The van der Waals surface area contributed by atoms with Crippen LogP contribution in [0, 0.1) is 6.92 Å². The standard InChI is InChI=1S/C13H13NOS/c1-9-6-7-11(15)13(8-9)16-12-5-3-2-4-10(12)14/h2-8,15H,14H2,1H3. The molecule has 0 aromatic heterocycles. The molecule has 82 valence electrons. The maximum absolute atomic E-state index is 9.73. The number of nitrogens with two attached hydrogens (primary N) is 1.